The minimum Gasteiger partial charge on any atom is -0.493 e. The van der Waals surface area contributed by atoms with Gasteiger partial charge in [-0.05, 0) is 67.1 Å². The number of carbonyl (C=O) groups is 2. The number of methoxy groups -OCH3 is 2. The Morgan fingerprint density at radius 1 is 0.886 bits per heavy atom. The van der Waals surface area contributed by atoms with Crippen molar-refractivity contribution in [2.24, 2.45) is 0 Å². The number of hydrogen-bond acceptors (Lipinski definition) is 8. The summed E-state index contributed by atoms with van der Waals surface area (Å²) in [6.45, 7) is 1.63. The maximum atomic E-state index is 12.6. The molecule has 0 saturated heterocycles. The Labute approximate surface area is 203 Å². The van der Waals surface area contributed by atoms with E-state index in [-0.39, 0.29) is 28.8 Å². The van der Waals surface area contributed by atoms with Crippen molar-refractivity contribution in [2.45, 2.75) is 11.8 Å². The highest BCUT2D eigenvalue weighted by Gasteiger charge is 2.19. The van der Waals surface area contributed by atoms with Crippen molar-refractivity contribution in [3.8, 4) is 17.2 Å². The molecule has 0 amide bonds. The summed E-state index contributed by atoms with van der Waals surface area (Å²) in [6.07, 6.45) is 2.95. The number of allylic oxidation sites excluding steroid dienone is 1. The molecule has 0 saturated carbocycles. The minimum absolute atomic E-state index is 0.0269. The van der Waals surface area contributed by atoms with Gasteiger partial charge in [-0.3, -0.25) is 4.79 Å². The molecular formula is C26H24O8S. The molecular weight excluding hydrogens is 472 g/mol. The smallest absolute Gasteiger partial charge is 0.343 e. The summed E-state index contributed by atoms with van der Waals surface area (Å²) in [5.41, 5.74) is 1.95. The first-order valence-corrected chi connectivity index (χ1v) is 11.8. The highest BCUT2D eigenvalue weighted by Crippen LogP contribution is 2.31. The van der Waals surface area contributed by atoms with Crippen LogP contribution in [0.15, 0.2) is 77.7 Å². The van der Waals surface area contributed by atoms with Gasteiger partial charge in [0.1, 0.15) is 10.6 Å². The molecule has 9 heteroatoms. The van der Waals surface area contributed by atoms with Crippen molar-refractivity contribution in [3.05, 3.63) is 89.5 Å². The van der Waals surface area contributed by atoms with Crippen LogP contribution in [0.2, 0.25) is 0 Å². The van der Waals surface area contributed by atoms with Crippen LogP contribution in [0.5, 0.6) is 17.2 Å². The molecule has 8 nitrogen and oxygen atoms in total. The second-order valence-electron chi connectivity index (χ2n) is 7.35. The van der Waals surface area contributed by atoms with Crippen LogP contribution < -0.4 is 13.7 Å². The lowest BCUT2D eigenvalue weighted by Gasteiger charge is -2.11. The lowest BCUT2D eigenvalue weighted by molar-refractivity contribution is -0.142. The maximum absolute atomic E-state index is 12.6. The highest BCUT2D eigenvalue weighted by molar-refractivity contribution is 7.87. The largest absolute Gasteiger partial charge is 0.493 e. The van der Waals surface area contributed by atoms with Crippen LogP contribution in [0, 0.1) is 6.92 Å². The molecule has 35 heavy (non-hydrogen) atoms. The minimum atomic E-state index is -4.04. The molecule has 3 aromatic carbocycles. The Morgan fingerprint density at radius 2 is 1.57 bits per heavy atom. The Kier molecular flexibility index (Phi) is 8.27. The molecule has 0 aliphatic carbocycles. The van der Waals surface area contributed by atoms with Gasteiger partial charge in [-0.15, -0.1) is 0 Å². The summed E-state index contributed by atoms with van der Waals surface area (Å²) in [5, 5.41) is 0. The highest BCUT2D eigenvalue weighted by atomic mass is 32.2. The maximum Gasteiger partial charge on any atom is 0.343 e. The van der Waals surface area contributed by atoms with Gasteiger partial charge in [0, 0.05) is 5.56 Å². The first-order valence-electron chi connectivity index (χ1n) is 10.4. The van der Waals surface area contributed by atoms with E-state index in [9.17, 15) is 18.0 Å². The second kappa shape index (κ2) is 11.3. The predicted molar refractivity (Wildman–Crippen MR) is 129 cm³/mol. The molecule has 0 aliphatic rings. The fraction of sp³-hybridized carbons (Fsp3) is 0.154. The molecule has 0 fully saturated rings. The monoisotopic (exact) mass is 496 g/mol. The van der Waals surface area contributed by atoms with E-state index >= 15 is 0 Å². The summed E-state index contributed by atoms with van der Waals surface area (Å²) in [5.74, 6) is -0.114. The third-order valence-corrected chi connectivity index (χ3v) is 6.10. The average molecular weight is 497 g/mol. The van der Waals surface area contributed by atoms with Crippen LogP contribution in [0.4, 0.5) is 0 Å². The van der Waals surface area contributed by atoms with Crippen LogP contribution >= 0.6 is 0 Å². The molecule has 3 aromatic rings. The van der Waals surface area contributed by atoms with E-state index < -0.39 is 16.1 Å². The SMILES string of the molecule is COC(=O)COc1ccc(C(=O)/C=C/c2ccc(OS(=O)(=O)c3ccc(C)cc3)c(OC)c2)cc1. The van der Waals surface area contributed by atoms with Crippen molar-refractivity contribution >= 4 is 27.9 Å². The van der Waals surface area contributed by atoms with Crippen molar-refractivity contribution in [1.29, 1.82) is 0 Å². The van der Waals surface area contributed by atoms with Crippen molar-refractivity contribution in [3.63, 3.8) is 0 Å². The molecule has 0 spiro atoms. The van der Waals surface area contributed by atoms with Crippen molar-refractivity contribution < 1.29 is 36.4 Å². The van der Waals surface area contributed by atoms with Crippen LogP contribution in [-0.4, -0.2) is 41.0 Å². The number of hydrogen-bond donors (Lipinski definition) is 0. The molecule has 182 valence electrons. The zero-order valence-corrected chi connectivity index (χ0v) is 20.2. The van der Waals surface area contributed by atoms with E-state index in [1.165, 1.54) is 38.5 Å². The first-order chi connectivity index (χ1) is 16.7. The number of benzene rings is 3. The molecule has 0 aliphatic heterocycles. The number of rotatable bonds is 10. The van der Waals surface area contributed by atoms with Gasteiger partial charge in [-0.1, -0.05) is 29.8 Å². The Balaban J connectivity index is 1.69. The normalized spacial score (nSPS) is 11.2. The Hall–Kier alpha value is -4.11. The van der Waals surface area contributed by atoms with Gasteiger partial charge in [-0.2, -0.15) is 8.42 Å². The average Bonchev–Trinajstić information content (AvgIpc) is 2.86. The molecule has 0 unspecified atom stereocenters. The van der Waals surface area contributed by atoms with Gasteiger partial charge in [0.15, 0.2) is 23.9 Å². The van der Waals surface area contributed by atoms with Crippen LogP contribution in [0.3, 0.4) is 0 Å². The van der Waals surface area contributed by atoms with Gasteiger partial charge < -0.3 is 18.4 Å². The topological polar surface area (TPSA) is 105 Å². The van der Waals surface area contributed by atoms with Gasteiger partial charge in [0.2, 0.25) is 0 Å². The number of aryl methyl sites for hydroxylation is 1. The third kappa shape index (κ3) is 6.94. The molecule has 0 heterocycles. The van der Waals surface area contributed by atoms with Gasteiger partial charge >= 0.3 is 16.1 Å². The summed E-state index contributed by atoms with van der Waals surface area (Å²) in [7, 11) is -1.38. The van der Waals surface area contributed by atoms with E-state index in [1.54, 1.807) is 54.6 Å². The first kappa shape index (κ1) is 25.5. The molecule has 0 aromatic heterocycles. The standard InChI is InChI=1S/C26H24O8S/c1-18-4-12-22(13-5-18)35(29,30)34-24-15-7-19(16-25(24)31-2)6-14-23(27)20-8-10-21(11-9-20)33-17-26(28)32-3/h4-16H,17H2,1-3H3/b14-6+. The molecule has 0 bridgehead atoms. The van der Waals surface area contributed by atoms with E-state index in [0.29, 0.717) is 16.9 Å². The van der Waals surface area contributed by atoms with Gasteiger partial charge in [0.05, 0.1) is 14.2 Å². The molecule has 3 rings (SSSR count). The van der Waals surface area contributed by atoms with Crippen LogP contribution in [0.1, 0.15) is 21.5 Å². The zero-order chi connectivity index (χ0) is 25.4. The van der Waals surface area contributed by atoms with E-state index in [1.807, 2.05) is 6.92 Å². The number of esters is 1. The van der Waals surface area contributed by atoms with Gasteiger partial charge in [-0.25, -0.2) is 4.79 Å². The number of carbonyl (C=O) groups excluding carboxylic acids is 2. The van der Waals surface area contributed by atoms with Gasteiger partial charge in [0.25, 0.3) is 0 Å². The van der Waals surface area contributed by atoms with Crippen LogP contribution in [-0.2, 0) is 19.6 Å². The summed E-state index contributed by atoms with van der Waals surface area (Å²) in [4.78, 5) is 23.7. The van der Waals surface area contributed by atoms with E-state index in [0.717, 1.165) is 5.56 Å². The number of ether oxygens (including phenoxy) is 3. The van der Waals surface area contributed by atoms with Crippen LogP contribution in [0.25, 0.3) is 6.08 Å². The Bertz CT molecular complexity index is 1320. The Morgan fingerprint density at radius 3 is 2.20 bits per heavy atom. The predicted octanol–water partition coefficient (Wildman–Crippen LogP) is 4.22. The third-order valence-electron chi connectivity index (χ3n) is 4.85. The quantitative estimate of drug-likeness (QED) is 0.178. The van der Waals surface area contributed by atoms with Crippen molar-refractivity contribution in [2.75, 3.05) is 20.8 Å². The summed E-state index contributed by atoms with van der Waals surface area (Å²) >= 11 is 0. The fourth-order valence-corrected chi connectivity index (χ4v) is 3.85. The van der Waals surface area contributed by atoms with Crippen molar-refractivity contribution in [1.82, 2.24) is 0 Å². The zero-order valence-electron chi connectivity index (χ0n) is 19.4. The summed E-state index contributed by atoms with van der Waals surface area (Å²) < 4.78 is 45.5. The lowest BCUT2D eigenvalue weighted by Crippen LogP contribution is -2.12. The van der Waals surface area contributed by atoms with E-state index in [2.05, 4.69) is 4.74 Å². The lowest BCUT2D eigenvalue weighted by atomic mass is 10.1. The molecule has 0 N–H and O–H groups in total. The second-order valence-corrected chi connectivity index (χ2v) is 8.89. The molecule has 0 radical (unpaired) electrons. The van der Waals surface area contributed by atoms with E-state index in [4.69, 9.17) is 13.7 Å². The fourth-order valence-electron chi connectivity index (χ4n) is 2.91. The number of ketones is 1. The summed E-state index contributed by atoms with van der Waals surface area (Å²) in [6, 6.07) is 17.2. The molecule has 0 atom stereocenters.